The van der Waals surface area contributed by atoms with Crippen molar-refractivity contribution >= 4 is 15.1 Å². The largest absolute Gasteiger partial charge is 0.376 e. The highest BCUT2D eigenvalue weighted by Crippen LogP contribution is 1.43. The van der Waals surface area contributed by atoms with Crippen LogP contribution in [0.2, 0.25) is 0 Å². The van der Waals surface area contributed by atoms with Gasteiger partial charge in [-0.25, -0.2) is 0 Å². The third kappa shape index (κ3) is 0.645. The first kappa shape index (κ1) is 3.21. The van der Waals surface area contributed by atoms with E-state index in [0.717, 1.165) is 0 Å². The molecule has 1 rings (SSSR count). The van der Waals surface area contributed by atoms with Crippen molar-refractivity contribution in [1.29, 1.82) is 0 Å². The van der Waals surface area contributed by atoms with E-state index in [1.165, 1.54) is 0 Å². The van der Waals surface area contributed by atoms with Gasteiger partial charge in [-0.2, -0.15) is 0 Å². The van der Waals surface area contributed by atoms with Crippen LogP contribution in [0.4, 0.5) is 0 Å². The van der Waals surface area contributed by atoms with E-state index in [9.17, 15) is 0 Å². The van der Waals surface area contributed by atoms with Gasteiger partial charge in [0.2, 0.25) is 0 Å². The van der Waals surface area contributed by atoms with Gasteiger partial charge in [-0.1, -0.05) is 0 Å². The quantitative estimate of drug-likeness (QED) is 0.280. The Morgan fingerprint density at radius 2 is 1.60 bits per heavy atom. The van der Waals surface area contributed by atoms with Crippen LogP contribution in [0.5, 0.6) is 0 Å². The molecule has 2 radical (unpaired) electrons. The molecule has 0 aromatic rings. The molecule has 0 aliphatic carbocycles. The molecule has 0 aromatic carbocycles. The first-order valence-corrected chi connectivity index (χ1v) is 1.40. The van der Waals surface area contributed by atoms with Crippen LogP contribution in [0.1, 0.15) is 0 Å². The molecule has 0 atom stereocenters. The second kappa shape index (κ2) is 1.45. The monoisotopic (exact) mass is 67.1 g/mol. The van der Waals surface area contributed by atoms with Crippen molar-refractivity contribution in [2.45, 2.75) is 0 Å². The number of hydrazine groups is 1. The molecule has 5 heteroatoms. The molecule has 0 aromatic heterocycles. The number of rotatable bonds is 0. The lowest BCUT2D eigenvalue weighted by molar-refractivity contribution is 0.965. The number of hydrogen-bond donors (Lipinski definition) is 3. The maximum atomic E-state index is 2.75. The van der Waals surface area contributed by atoms with Gasteiger partial charge in [0.25, 0.3) is 0 Å². The maximum Gasteiger partial charge on any atom is 0.309 e. The van der Waals surface area contributed by atoms with E-state index >= 15 is 0 Å². The Hall–Kier alpha value is 0.00987. The second-order valence-electron chi connectivity index (χ2n) is 0.744. The van der Waals surface area contributed by atoms with Gasteiger partial charge < -0.3 is 5.14 Å². The average Bonchev–Trinajstić information content (AvgIpc) is 1.76. The molecular weight excluding hydrogens is 63.6 g/mol. The van der Waals surface area contributed by atoms with Crippen molar-refractivity contribution in [3.8, 4) is 0 Å². The summed E-state index contributed by atoms with van der Waals surface area (Å²) in [6.07, 6.45) is 0. The van der Waals surface area contributed by atoms with Gasteiger partial charge in [-0.05, 0) is 0 Å². The molecule has 3 nitrogen and oxygen atoms in total. The minimum Gasteiger partial charge on any atom is -0.376 e. The lowest BCUT2D eigenvalue weighted by atomic mass is 10.1. The topological polar surface area (TPSA) is 36.1 Å². The maximum absolute atomic E-state index is 2.75. The van der Waals surface area contributed by atoms with E-state index in [-0.39, 0.29) is 0 Å². The van der Waals surface area contributed by atoms with Gasteiger partial charge in [-0.3, -0.25) is 10.7 Å². The van der Waals surface area contributed by atoms with Crippen LogP contribution < -0.4 is 15.8 Å². The number of hydrogen-bond acceptors (Lipinski definition) is 3. The SMILES string of the molecule is [B]1N[B]NN1. The molecule has 24 valence electrons. The Bertz CT molecular complexity index is 16.5. The summed E-state index contributed by atoms with van der Waals surface area (Å²) in [6.45, 7) is 0. The number of nitrogens with one attached hydrogen (secondary N) is 3. The summed E-state index contributed by atoms with van der Waals surface area (Å²) in [5, 5.41) is 8.11. The molecule has 0 bridgehead atoms. The Morgan fingerprint density at radius 3 is 1.80 bits per heavy atom. The minimum atomic E-state index is 1.69. The second-order valence-corrected chi connectivity index (χ2v) is 0.744. The van der Waals surface area contributed by atoms with Crippen LogP contribution in [0.3, 0.4) is 0 Å². The van der Waals surface area contributed by atoms with Crippen LogP contribution in [-0.4, -0.2) is 15.1 Å². The molecule has 0 spiro atoms. The van der Waals surface area contributed by atoms with Crippen molar-refractivity contribution in [2.24, 2.45) is 0 Å². The van der Waals surface area contributed by atoms with E-state index in [1.54, 1.807) is 15.1 Å². The third-order valence-corrected chi connectivity index (χ3v) is 0.394. The fourth-order valence-electron chi connectivity index (χ4n) is 0.208. The van der Waals surface area contributed by atoms with Crippen molar-refractivity contribution in [3.63, 3.8) is 0 Å². The molecule has 1 fully saturated rings. The van der Waals surface area contributed by atoms with Crippen LogP contribution >= 0.6 is 0 Å². The normalized spacial score (nSPS) is 20.8. The lowest BCUT2D eigenvalue weighted by Gasteiger charge is -1.77. The third-order valence-electron chi connectivity index (χ3n) is 0.394. The standard InChI is InChI=1S/B2H3N3/c1-3-2-5-4-1/h3-5H. The Balaban J connectivity index is 2.08. The molecule has 1 aliphatic heterocycles. The summed E-state index contributed by atoms with van der Waals surface area (Å²) in [4.78, 5) is 0. The van der Waals surface area contributed by atoms with Crippen molar-refractivity contribution in [3.05, 3.63) is 0 Å². The van der Waals surface area contributed by atoms with Gasteiger partial charge >= 0.3 is 15.1 Å². The summed E-state index contributed by atoms with van der Waals surface area (Å²) in [6, 6.07) is 0. The minimum absolute atomic E-state index is 1.69. The zero-order valence-electron chi connectivity index (χ0n) is 2.65. The van der Waals surface area contributed by atoms with Crippen LogP contribution in [0.25, 0.3) is 0 Å². The molecule has 0 saturated carbocycles. The smallest absolute Gasteiger partial charge is 0.309 e. The van der Waals surface area contributed by atoms with Crippen molar-refractivity contribution in [1.82, 2.24) is 15.8 Å². The summed E-state index contributed by atoms with van der Waals surface area (Å²) >= 11 is 0. The van der Waals surface area contributed by atoms with Crippen molar-refractivity contribution < 1.29 is 0 Å². The lowest BCUT2D eigenvalue weighted by Crippen LogP contribution is -2.25. The first-order valence-electron chi connectivity index (χ1n) is 1.40. The van der Waals surface area contributed by atoms with Gasteiger partial charge in [0.1, 0.15) is 0 Å². The van der Waals surface area contributed by atoms with Crippen LogP contribution in [-0.2, 0) is 0 Å². The van der Waals surface area contributed by atoms with E-state index in [1.807, 2.05) is 0 Å². The fourth-order valence-corrected chi connectivity index (χ4v) is 0.208. The van der Waals surface area contributed by atoms with E-state index in [2.05, 4.69) is 15.8 Å². The molecule has 3 N–H and O–H groups in total. The highest BCUT2D eigenvalue weighted by Gasteiger charge is 1.96. The molecule has 1 heterocycles. The molecule has 1 aliphatic rings. The summed E-state index contributed by atoms with van der Waals surface area (Å²) in [5.41, 5.74) is 0. The first-order chi connectivity index (χ1) is 2.50. The summed E-state index contributed by atoms with van der Waals surface area (Å²) < 4.78 is 0. The van der Waals surface area contributed by atoms with Gasteiger partial charge in [-0.15, -0.1) is 0 Å². The fraction of sp³-hybridized carbons (Fsp3) is 0. The van der Waals surface area contributed by atoms with E-state index < -0.39 is 0 Å². The Kier molecular flexibility index (Phi) is 0.929. The predicted molar refractivity (Wildman–Crippen MR) is 20.9 cm³/mol. The molecule has 0 unspecified atom stereocenters. The highest BCUT2D eigenvalue weighted by atomic mass is 15.3. The Labute approximate surface area is 32.1 Å². The van der Waals surface area contributed by atoms with Gasteiger partial charge in [0.05, 0.1) is 0 Å². The zero-order valence-corrected chi connectivity index (χ0v) is 2.65. The highest BCUT2D eigenvalue weighted by molar-refractivity contribution is 6.52. The molecule has 0 amide bonds. The molecule has 5 heavy (non-hydrogen) atoms. The summed E-state index contributed by atoms with van der Waals surface area (Å²) in [5.74, 6) is 0. The molecule has 1 saturated heterocycles. The summed E-state index contributed by atoms with van der Waals surface area (Å²) in [7, 11) is 3.39. The van der Waals surface area contributed by atoms with Crippen LogP contribution in [0, 0.1) is 0 Å². The zero-order chi connectivity index (χ0) is 3.54. The van der Waals surface area contributed by atoms with Gasteiger partial charge in [0, 0.05) is 0 Å². The van der Waals surface area contributed by atoms with Gasteiger partial charge in [0.15, 0.2) is 0 Å². The van der Waals surface area contributed by atoms with E-state index in [4.69, 9.17) is 0 Å². The van der Waals surface area contributed by atoms with Crippen molar-refractivity contribution in [2.75, 3.05) is 0 Å². The Morgan fingerprint density at radius 1 is 1.00 bits per heavy atom. The predicted octanol–water partition coefficient (Wildman–Crippen LogP) is -2.25. The molecular formula is H3B2N3. The van der Waals surface area contributed by atoms with E-state index in [0.29, 0.717) is 0 Å². The van der Waals surface area contributed by atoms with Crippen LogP contribution in [0.15, 0.2) is 0 Å². The average molecular weight is 66.7 g/mol.